The fourth-order valence-corrected chi connectivity index (χ4v) is 5.01. The maximum absolute atomic E-state index is 15.2. The van der Waals surface area contributed by atoms with Crippen LogP contribution in [-0.2, 0) is 45.4 Å². The summed E-state index contributed by atoms with van der Waals surface area (Å²) in [6, 6.07) is 4.91. The molecule has 232 valence electrons. The third-order valence-electron chi connectivity index (χ3n) is 7.62. The third kappa shape index (κ3) is 7.09. The summed E-state index contributed by atoms with van der Waals surface area (Å²) in [6.07, 6.45) is 0.0238. The maximum Gasteiger partial charge on any atom is 0.306 e. The molecule has 2 heterocycles. The zero-order valence-corrected chi connectivity index (χ0v) is 24.2. The molecule has 2 amide bonds. The molecule has 3 N–H and O–H groups in total. The zero-order valence-electron chi connectivity index (χ0n) is 24.2. The first-order valence-electron chi connectivity index (χ1n) is 13.9. The Hall–Kier alpha value is -4.55. The Morgan fingerprint density at radius 1 is 0.814 bits per heavy atom. The predicted molar refractivity (Wildman–Crippen MR) is 148 cm³/mol. The molecular formula is C30H35FN2O10. The zero-order chi connectivity index (χ0) is 31.4. The number of nitrogens with zero attached hydrogens (tertiary/aromatic N) is 2. The molecule has 2 aromatic rings. The van der Waals surface area contributed by atoms with E-state index in [0.717, 1.165) is 11.1 Å². The standard InChI is InChI=1S/C30H35FN2O10/c1-16(29(37)38)7-25(35)32-12-18-10-23(41-3)24(11-19(18)13-32)42-5-4-6-43-28-22(34)9-20-14-33(15-21(20)27(28)31)26(36)8-17(2)30(39)40/h9-11,16-17,34H,4-8,12-15H2,1-3H3,(H,37,38)(H,39,40)/t16-,17-/m0/s1. The van der Waals surface area contributed by atoms with Crippen LogP contribution in [0.5, 0.6) is 23.0 Å². The summed E-state index contributed by atoms with van der Waals surface area (Å²) in [5, 5.41) is 28.5. The Morgan fingerprint density at radius 3 is 1.88 bits per heavy atom. The minimum Gasteiger partial charge on any atom is -0.504 e. The number of fused-ring (bicyclic) bond motifs is 2. The maximum atomic E-state index is 15.2. The van der Waals surface area contributed by atoms with E-state index in [2.05, 4.69) is 0 Å². The Labute approximate surface area is 247 Å². The molecule has 0 spiro atoms. The molecule has 0 fully saturated rings. The molecule has 2 aliphatic rings. The van der Waals surface area contributed by atoms with Crippen molar-refractivity contribution in [2.24, 2.45) is 11.8 Å². The number of hydrogen-bond acceptors (Lipinski definition) is 8. The summed E-state index contributed by atoms with van der Waals surface area (Å²) in [5.74, 6) is -5.02. The van der Waals surface area contributed by atoms with Crippen LogP contribution < -0.4 is 14.2 Å². The summed E-state index contributed by atoms with van der Waals surface area (Å²) in [5.41, 5.74) is 2.39. The molecule has 0 bridgehead atoms. The molecule has 2 aromatic carbocycles. The Balaban J connectivity index is 1.31. The van der Waals surface area contributed by atoms with E-state index in [1.807, 2.05) is 0 Å². The lowest BCUT2D eigenvalue weighted by Gasteiger charge is -2.16. The highest BCUT2D eigenvalue weighted by atomic mass is 19.1. The highest BCUT2D eigenvalue weighted by Gasteiger charge is 2.31. The van der Waals surface area contributed by atoms with Gasteiger partial charge < -0.3 is 39.3 Å². The molecule has 0 aromatic heterocycles. The number of halogens is 1. The monoisotopic (exact) mass is 602 g/mol. The van der Waals surface area contributed by atoms with E-state index in [9.17, 15) is 24.3 Å². The van der Waals surface area contributed by atoms with Crippen LogP contribution in [0, 0.1) is 17.7 Å². The van der Waals surface area contributed by atoms with Gasteiger partial charge in [-0.1, -0.05) is 13.8 Å². The first-order valence-corrected chi connectivity index (χ1v) is 13.9. The molecule has 2 atom stereocenters. The number of phenolic OH excluding ortho intramolecular Hbond substituents is 1. The van der Waals surface area contributed by atoms with E-state index in [4.69, 9.17) is 24.4 Å². The number of benzene rings is 2. The number of hydrogen-bond donors (Lipinski definition) is 3. The van der Waals surface area contributed by atoms with Crippen molar-refractivity contribution in [2.45, 2.75) is 59.3 Å². The van der Waals surface area contributed by atoms with E-state index < -0.39 is 41.2 Å². The number of carboxylic acid groups (broad SMARTS) is 2. The summed E-state index contributed by atoms with van der Waals surface area (Å²) < 4.78 is 32.1. The van der Waals surface area contributed by atoms with Crippen molar-refractivity contribution in [3.63, 3.8) is 0 Å². The van der Waals surface area contributed by atoms with Crippen LogP contribution >= 0.6 is 0 Å². The first kappa shape index (κ1) is 31.4. The molecule has 0 unspecified atom stereocenters. The number of amides is 2. The van der Waals surface area contributed by atoms with Gasteiger partial charge >= 0.3 is 11.9 Å². The van der Waals surface area contributed by atoms with E-state index in [1.54, 1.807) is 17.0 Å². The second kappa shape index (κ2) is 13.2. The molecule has 0 radical (unpaired) electrons. The summed E-state index contributed by atoms with van der Waals surface area (Å²) in [7, 11) is 1.49. The number of carboxylic acids is 2. The molecule has 43 heavy (non-hydrogen) atoms. The van der Waals surface area contributed by atoms with E-state index in [0.29, 0.717) is 36.6 Å². The third-order valence-corrected chi connectivity index (χ3v) is 7.62. The molecule has 0 saturated heterocycles. The molecule has 4 rings (SSSR count). The van der Waals surface area contributed by atoms with Crippen LogP contribution in [0.15, 0.2) is 18.2 Å². The van der Waals surface area contributed by atoms with E-state index in [1.165, 1.54) is 31.9 Å². The van der Waals surface area contributed by atoms with Crippen molar-refractivity contribution in [2.75, 3.05) is 20.3 Å². The predicted octanol–water partition coefficient (Wildman–Crippen LogP) is 3.29. The van der Waals surface area contributed by atoms with Crippen LogP contribution in [0.3, 0.4) is 0 Å². The van der Waals surface area contributed by atoms with Crippen LogP contribution in [-0.4, -0.2) is 69.2 Å². The molecular weight excluding hydrogens is 567 g/mol. The first-order chi connectivity index (χ1) is 20.4. The van der Waals surface area contributed by atoms with Crippen molar-refractivity contribution < 1.29 is 53.1 Å². The van der Waals surface area contributed by atoms with Crippen LogP contribution in [0.25, 0.3) is 0 Å². The van der Waals surface area contributed by atoms with Crippen molar-refractivity contribution >= 4 is 23.8 Å². The van der Waals surface area contributed by atoms with Gasteiger partial charge in [-0.25, -0.2) is 4.39 Å². The molecule has 13 heteroatoms. The van der Waals surface area contributed by atoms with Crippen molar-refractivity contribution in [3.05, 3.63) is 46.3 Å². The lowest BCUT2D eigenvalue weighted by molar-refractivity contribution is -0.145. The SMILES string of the molecule is COc1cc2c(cc1OCCCOc1c(O)cc3c(c1F)CN(C(=O)C[C@H](C)C(=O)O)C3)CN(C(=O)C[C@H](C)C(=O)O)C2. The Morgan fingerprint density at radius 2 is 1.33 bits per heavy atom. The number of carbonyl (C=O) groups excluding carboxylic acids is 2. The average Bonchev–Trinajstić information content (AvgIpc) is 3.58. The number of aromatic hydroxyl groups is 1. The number of phenols is 1. The van der Waals surface area contributed by atoms with Gasteiger partial charge in [0.2, 0.25) is 11.8 Å². The van der Waals surface area contributed by atoms with Gasteiger partial charge in [-0.15, -0.1) is 0 Å². The van der Waals surface area contributed by atoms with Gasteiger partial charge in [0, 0.05) is 51.0 Å². The number of methoxy groups -OCH3 is 1. The lowest BCUT2D eigenvalue weighted by Crippen LogP contribution is -2.28. The second-order valence-electron chi connectivity index (χ2n) is 10.9. The minimum absolute atomic E-state index is 0.0132. The summed E-state index contributed by atoms with van der Waals surface area (Å²) in [4.78, 5) is 50.1. The fraction of sp³-hybridized carbons (Fsp3) is 0.467. The largest absolute Gasteiger partial charge is 0.504 e. The molecule has 0 saturated carbocycles. The Kier molecular flexibility index (Phi) is 9.62. The quantitative estimate of drug-likeness (QED) is 0.290. The van der Waals surface area contributed by atoms with Crippen LogP contribution in [0.1, 0.15) is 55.4 Å². The summed E-state index contributed by atoms with van der Waals surface area (Å²) >= 11 is 0. The van der Waals surface area contributed by atoms with E-state index in [-0.39, 0.29) is 56.4 Å². The highest BCUT2D eigenvalue weighted by Crippen LogP contribution is 2.39. The van der Waals surface area contributed by atoms with E-state index >= 15 is 4.39 Å². The average molecular weight is 603 g/mol. The normalized spacial score (nSPS) is 15.0. The van der Waals surface area contributed by atoms with Crippen LogP contribution in [0.2, 0.25) is 0 Å². The van der Waals surface area contributed by atoms with Gasteiger partial charge in [0.1, 0.15) is 0 Å². The molecule has 2 aliphatic heterocycles. The molecule has 0 aliphatic carbocycles. The topological polar surface area (TPSA) is 163 Å². The van der Waals surface area contributed by atoms with Gasteiger partial charge in [0.05, 0.1) is 32.2 Å². The van der Waals surface area contributed by atoms with Crippen molar-refractivity contribution in [1.29, 1.82) is 0 Å². The van der Waals surface area contributed by atoms with Crippen LogP contribution in [0.4, 0.5) is 4.39 Å². The smallest absolute Gasteiger partial charge is 0.306 e. The molecule has 12 nitrogen and oxygen atoms in total. The second-order valence-corrected chi connectivity index (χ2v) is 10.9. The number of carbonyl (C=O) groups is 4. The van der Waals surface area contributed by atoms with Crippen molar-refractivity contribution in [1.82, 2.24) is 9.80 Å². The summed E-state index contributed by atoms with van der Waals surface area (Å²) in [6.45, 7) is 3.78. The number of rotatable bonds is 13. The van der Waals surface area contributed by atoms with Gasteiger partial charge in [-0.2, -0.15) is 0 Å². The lowest BCUT2D eigenvalue weighted by atomic mass is 10.1. The van der Waals surface area contributed by atoms with Gasteiger partial charge in [-0.3, -0.25) is 19.2 Å². The Bertz CT molecular complexity index is 1430. The van der Waals surface area contributed by atoms with Gasteiger partial charge in [0.15, 0.2) is 28.8 Å². The van der Waals surface area contributed by atoms with Gasteiger partial charge in [-0.05, 0) is 34.9 Å². The van der Waals surface area contributed by atoms with Gasteiger partial charge in [0.25, 0.3) is 0 Å². The highest BCUT2D eigenvalue weighted by molar-refractivity contribution is 5.83. The van der Waals surface area contributed by atoms with Crippen molar-refractivity contribution in [3.8, 4) is 23.0 Å². The number of ether oxygens (including phenoxy) is 3. The minimum atomic E-state index is -1.09. The fourth-order valence-electron chi connectivity index (χ4n) is 5.01. The number of aliphatic carboxylic acids is 2.